The number of carbonyl (C=O) groups is 2. The Hall–Kier alpha value is -1.10. The number of rotatable bonds is 4. The highest BCUT2D eigenvalue weighted by Crippen LogP contribution is 2.10. The van der Waals surface area contributed by atoms with Gasteiger partial charge >= 0.3 is 5.97 Å². The zero-order valence-corrected chi connectivity index (χ0v) is 9.03. The minimum Gasteiger partial charge on any atom is -0.481 e. The van der Waals surface area contributed by atoms with Gasteiger partial charge in [-0.3, -0.25) is 9.59 Å². The molecule has 0 spiro atoms. The van der Waals surface area contributed by atoms with Crippen LogP contribution < -0.4 is 5.32 Å². The third kappa shape index (κ3) is 4.78. The van der Waals surface area contributed by atoms with Crippen molar-refractivity contribution in [2.45, 2.75) is 32.2 Å². The fourth-order valence-corrected chi connectivity index (χ4v) is 1.84. The molecule has 0 saturated carbocycles. The van der Waals surface area contributed by atoms with Gasteiger partial charge in [0.05, 0.1) is 6.42 Å². The Labute approximate surface area is 89.4 Å². The topological polar surface area (TPSA) is 69.6 Å². The average Bonchev–Trinajstić information content (AvgIpc) is 2.16. The molecule has 0 radical (unpaired) electrons. The van der Waals surface area contributed by atoms with E-state index in [1.165, 1.54) is 6.92 Å². The van der Waals surface area contributed by atoms with Crippen molar-refractivity contribution in [2.24, 2.45) is 0 Å². The van der Waals surface area contributed by atoms with Crippen LogP contribution in [0.15, 0.2) is 0 Å². The van der Waals surface area contributed by atoms with Crippen LogP contribution in [0.3, 0.4) is 0 Å². The van der Waals surface area contributed by atoms with Crippen LogP contribution in [0.5, 0.6) is 0 Å². The first-order chi connectivity index (χ1) is 7.08. The molecule has 1 fully saturated rings. The van der Waals surface area contributed by atoms with Crippen LogP contribution in [-0.4, -0.2) is 47.6 Å². The van der Waals surface area contributed by atoms with Crippen LogP contribution in [0.2, 0.25) is 0 Å². The maximum absolute atomic E-state index is 10.8. The summed E-state index contributed by atoms with van der Waals surface area (Å²) in [5.41, 5.74) is 0. The summed E-state index contributed by atoms with van der Waals surface area (Å²) in [5.74, 6) is -0.738. The average molecular weight is 214 g/mol. The Balaban J connectivity index is 2.18. The Morgan fingerprint density at radius 3 is 2.47 bits per heavy atom. The summed E-state index contributed by atoms with van der Waals surface area (Å²) in [6.07, 6.45) is 2.03. The van der Waals surface area contributed by atoms with Crippen molar-refractivity contribution in [3.8, 4) is 0 Å². The maximum Gasteiger partial charge on any atom is 0.304 e. The van der Waals surface area contributed by atoms with Crippen molar-refractivity contribution in [1.29, 1.82) is 0 Å². The van der Waals surface area contributed by atoms with Gasteiger partial charge in [-0.05, 0) is 12.8 Å². The minimum absolute atomic E-state index is 0.0129. The molecule has 1 rings (SSSR count). The Morgan fingerprint density at radius 1 is 1.40 bits per heavy atom. The fraction of sp³-hybridized carbons (Fsp3) is 0.800. The molecule has 15 heavy (non-hydrogen) atoms. The molecular formula is C10H18N2O3. The Kier molecular flexibility index (Phi) is 4.55. The standard InChI is InChI=1S/C10H18N2O3/c1-8(13)11-9-2-5-12(6-3-9)7-4-10(14)15/h9H,2-7H2,1H3,(H,11,13)(H,14,15). The SMILES string of the molecule is CC(=O)NC1CCN(CCC(=O)O)CC1. The highest BCUT2D eigenvalue weighted by molar-refractivity contribution is 5.73. The molecule has 0 aliphatic carbocycles. The number of likely N-dealkylation sites (tertiary alicyclic amines) is 1. The predicted molar refractivity (Wildman–Crippen MR) is 55.5 cm³/mol. The third-order valence-corrected chi connectivity index (χ3v) is 2.64. The summed E-state index contributed by atoms with van der Waals surface area (Å²) in [6, 6.07) is 0.267. The molecule has 0 aromatic rings. The van der Waals surface area contributed by atoms with Crippen molar-refractivity contribution in [3.63, 3.8) is 0 Å². The van der Waals surface area contributed by atoms with Gasteiger partial charge in [-0.15, -0.1) is 0 Å². The molecule has 0 unspecified atom stereocenters. The largest absolute Gasteiger partial charge is 0.481 e. The summed E-state index contributed by atoms with van der Waals surface area (Å²) in [4.78, 5) is 23.3. The molecule has 2 N–H and O–H groups in total. The lowest BCUT2D eigenvalue weighted by atomic mass is 10.0. The van der Waals surface area contributed by atoms with Crippen molar-refractivity contribution in [3.05, 3.63) is 0 Å². The van der Waals surface area contributed by atoms with Crippen molar-refractivity contribution >= 4 is 11.9 Å². The number of amides is 1. The van der Waals surface area contributed by atoms with Crippen LogP contribution in [0.4, 0.5) is 0 Å². The maximum atomic E-state index is 10.8. The van der Waals surface area contributed by atoms with Gasteiger partial charge in [0.2, 0.25) is 5.91 Å². The summed E-state index contributed by atoms with van der Waals surface area (Å²) < 4.78 is 0. The second-order valence-corrected chi connectivity index (χ2v) is 3.96. The van der Waals surface area contributed by atoms with E-state index in [1.54, 1.807) is 0 Å². The molecule has 1 saturated heterocycles. The van der Waals surface area contributed by atoms with Crippen molar-refractivity contribution < 1.29 is 14.7 Å². The summed E-state index contributed by atoms with van der Waals surface area (Å²) in [6.45, 7) is 3.88. The molecule has 1 aliphatic heterocycles. The quantitative estimate of drug-likeness (QED) is 0.694. The number of hydrogen-bond donors (Lipinski definition) is 2. The summed E-state index contributed by atoms with van der Waals surface area (Å²) in [5, 5.41) is 11.4. The van der Waals surface area contributed by atoms with E-state index < -0.39 is 5.97 Å². The van der Waals surface area contributed by atoms with Gasteiger partial charge in [-0.1, -0.05) is 0 Å². The van der Waals surface area contributed by atoms with E-state index >= 15 is 0 Å². The van der Waals surface area contributed by atoms with E-state index in [4.69, 9.17) is 5.11 Å². The minimum atomic E-state index is -0.751. The Bertz CT molecular complexity index is 235. The monoisotopic (exact) mass is 214 g/mol. The number of aliphatic carboxylic acids is 1. The van der Waals surface area contributed by atoms with E-state index in [0.29, 0.717) is 6.54 Å². The van der Waals surface area contributed by atoms with Crippen LogP contribution in [0.1, 0.15) is 26.2 Å². The number of hydrogen-bond acceptors (Lipinski definition) is 3. The van der Waals surface area contributed by atoms with E-state index in [1.807, 2.05) is 0 Å². The van der Waals surface area contributed by atoms with Gasteiger partial charge in [0.1, 0.15) is 0 Å². The lowest BCUT2D eigenvalue weighted by Crippen LogP contribution is -2.44. The molecule has 5 nitrogen and oxygen atoms in total. The van der Waals surface area contributed by atoms with E-state index in [-0.39, 0.29) is 18.4 Å². The van der Waals surface area contributed by atoms with E-state index in [0.717, 1.165) is 25.9 Å². The molecule has 86 valence electrons. The zero-order chi connectivity index (χ0) is 11.3. The molecule has 1 heterocycles. The van der Waals surface area contributed by atoms with Crippen molar-refractivity contribution in [2.75, 3.05) is 19.6 Å². The second kappa shape index (κ2) is 5.70. The fourth-order valence-electron chi connectivity index (χ4n) is 1.84. The summed E-state index contributed by atoms with van der Waals surface area (Å²) >= 11 is 0. The first-order valence-corrected chi connectivity index (χ1v) is 5.29. The van der Waals surface area contributed by atoms with Gasteiger partial charge in [0.25, 0.3) is 0 Å². The van der Waals surface area contributed by atoms with Gasteiger partial charge in [-0.25, -0.2) is 0 Å². The lowest BCUT2D eigenvalue weighted by molar-refractivity contribution is -0.137. The van der Waals surface area contributed by atoms with Gasteiger partial charge in [-0.2, -0.15) is 0 Å². The molecular weight excluding hydrogens is 196 g/mol. The van der Waals surface area contributed by atoms with E-state index in [2.05, 4.69) is 10.2 Å². The highest BCUT2D eigenvalue weighted by Gasteiger charge is 2.19. The summed E-state index contributed by atoms with van der Waals surface area (Å²) in [7, 11) is 0. The second-order valence-electron chi connectivity index (χ2n) is 3.96. The van der Waals surface area contributed by atoms with Gasteiger partial charge in [0, 0.05) is 32.6 Å². The number of nitrogens with one attached hydrogen (secondary N) is 1. The molecule has 1 aliphatic rings. The number of nitrogens with zero attached hydrogens (tertiary/aromatic N) is 1. The van der Waals surface area contributed by atoms with Gasteiger partial charge < -0.3 is 15.3 Å². The number of carboxylic acid groups (broad SMARTS) is 1. The molecule has 0 aromatic carbocycles. The highest BCUT2D eigenvalue weighted by atomic mass is 16.4. The van der Waals surface area contributed by atoms with Crippen LogP contribution in [0.25, 0.3) is 0 Å². The lowest BCUT2D eigenvalue weighted by Gasteiger charge is -2.31. The number of carboxylic acids is 1. The normalized spacial score (nSPS) is 18.7. The van der Waals surface area contributed by atoms with Crippen LogP contribution in [0, 0.1) is 0 Å². The van der Waals surface area contributed by atoms with Crippen LogP contribution in [-0.2, 0) is 9.59 Å². The van der Waals surface area contributed by atoms with Gasteiger partial charge in [0.15, 0.2) is 0 Å². The number of piperidine rings is 1. The Morgan fingerprint density at radius 2 is 2.00 bits per heavy atom. The molecule has 0 bridgehead atoms. The van der Waals surface area contributed by atoms with Crippen molar-refractivity contribution in [1.82, 2.24) is 10.2 Å². The molecule has 1 amide bonds. The number of carbonyl (C=O) groups excluding carboxylic acids is 1. The smallest absolute Gasteiger partial charge is 0.304 e. The van der Waals surface area contributed by atoms with Crippen LogP contribution >= 0.6 is 0 Å². The molecule has 0 atom stereocenters. The molecule has 5 heteroatoms. The zero-order valence-electron chi connectivity index (χ0n) is 9.03. The first-order valence-electron chi connectivity index (χ1n) is 5.29. The third-order valence-electron chi connectivity index (χ3n) is 2.64. The predicted octanol–water partition coefficient (Wildman–Crippen LogP) is 0.0616. The van der Waals surface area contributed by atoms with E-state index in [9.17, 15) is 9.59 Å². The first kappa shape index (κ1) is 12.0. The molecule has 0 aromatic heterocycles.